The Morgan fingerprint density at radius 2 is 1.75 bits per heavy atom. The van der Waals surface area contributed by atoms with Gasteiger partial charge in [0.05, 0.1) is 17.2 Å². The third-order valence-electron chi connectivity index (χ3n) is 3.30. The van der Waals surface area contributed by atoms with E-state index in [2.05, 4.69) is 4.99 Å². The van der Waals surface area contributed by atoms with Crippen LogP contribution < -0.4 is 4.74 Å². The van der Waals surface area contributed by atoms with Gasteiger partial charge in [0.25, 0.3) is 0 Å². The van der Waals surface area contributed by atoms with Crippen molar-refractivity contribution in [3.63, 3.8) is 0 Å². The van der Waals surface area contributed by atoms with E-state index in [1.165, 1.54) is 0 Å². The number of fused-ring (bicyclic) bond motifs is 1. The van der Waals surface area contributed by atoms with Crippen molar-refractivity contribution < 1.29 is 9.53 Å². The Morgan fingerprint density at radius 3 is 2.50 bits per heavy atom. The highest BCUT2D eigenvalue weighted by Gasteiger charge is 2.27. The third-order valence-corrected chi connectivity index (χ3v) is 3.30. The van der Waals surface area contributed by atoms with E-state index in [0.717, 1.165) is 11.3 Å². The molecule has 0 aliphatic carbocycles. The van der Waals surface area contributed by atoms with Gasteiger partial charge in [-0.25, -0.2) is 9.79 Å². The van der Waals surface area contributed by atoms with Crippen LogP contribution in [0.15, 0.2) is 59.6 Å². The maximum absolute atomic E-state index is 11.3. The number of para-hydroxylation sites is 2. The third kappa shape index (κ3) is 2.15. The average Bonchev–Trinajstić information content (AvgIpc) is 2.49. The van der Waals surface area contributed by atoms with E-state index >= 15 is 0 Å². The highest BCUT2D eigenvalue weighted by Crippen LogP contribution is 2.36. The number of carbonyl (C=O) groups excluding carboxylic acids is 1. The van der Waals surface area contributed by atoms with E-state index < -0.39 is 0 Å². The fourth-order valence-electron chi connectivity index (χ4n) is 2.24. The van der Waals surface area contributed by atoms with Crippen molar-refractivity contribution in [2.45, 2.75) is 6.92 Å². The van der Waals surface area contributed by atoms with Gasteiger partial charge in [0.2, 0.25) is 5.90 Å². The molecule has 0 saturated carbocycles. The number of benzene rings is 2. The van der Waals surface area contributed by atoms with Crippen molar-refractivity contribution in [1.82, 2.24) is 0 Å². The smallest absolute Gasteiger partial charge is 0.203 e. The van der Waals surface area contributed by atoms with Gasteiger partial charge in [-0.05, 0) is 25.1 Å². The molecule has 0 spiro atoms. The summed E-state index contributed by atoms with van der Waals surface area (Å²) in [6, 6.07) is 17.0. The monoisotopic (exact) mass is 263 g/mol. The van der Waals surface area contributed by atoms with Gasteiger partial charge in [-0.3, -0.25) is 0 Å². The summed E-state index contributed by atoms with van der Waals surface area (Å²) >= 11 is 0. The Morgan fingerprint density at radius 1 is 1.05 bits per heavy atom. The fourth-order valence-corrected chi connectivity index (χ4v) is 2.24. The van der Waals surface area contributed by atoms with Gasteiger partial charge in [-0.1, -0.05) is 36.4 Å². The van der Waals surface area contributed by atoms with Crippen molar-refractivity contribution in [3.8, 4) is 5.75 Å². The summed E-state index contributed by atoms with van der Waals surface area (Å²) in [6.07, 6.45) is 0. The summed E-state index contributed by atoms with van der Waals surface area (Å²) in [7, 11) is 0. The number of aliphatic imine (C=N–C) groups is 1. The lowest BCUT2D eigenvalue weighted by molar-refractivity contribution is 0.517. The molecule has 98 valence electrons. The van der Waals surface area contributed by atoms with Gasteiger partial charge in [-0.15, -0.1) is 0 Å². The molecule has 0 saturated heterocycles. The number of nitrogens with zero attached hydrogens (tertiary/aromatic N) is 1. The van der Waals surface area contributed by atoms with Crippen LogP contribution in [0.5, 0.6) is 5.75 Å². The molecular formula is C17H13NO2. The Bertz CT molecular complexity index is 713. The second kappa shape index (κ2) is 5.16. The predicted octanol–water partition coefficient (Wildman–Crippen LogP) is 3.66. The van der Waals surface area contributed by atoms with E-state index in [0.29, 0.717) is 17.2 Å². The summed E-state index contributed by atoms with van der Waals surface area (Å²) < 4.78 is 5.81. The minimum Gasteiger partial charge on any atom is -0.442 e. The van der Waals surface area contributed by atoms with Crippen LogP contribution >= 0.6 is 0 Å². The molecule has 0 radical (unpaired) electrons. The Kier molecular flexibility index (Phi) is 3.20. The highest BCUT2D eigenvalue weighted by atomic mass is 16.5. The maximum atomic E-state index is 11.3. The van der Waals surface area contributed by atoms with E-state index in [9.17, 15) is 4.79 Å². The van der Waals surface area contributed by atoms with Gasteiger partial charge in [0, 0.05) is 5.56 Å². The van der Waals surface area contributed by atoms with Gasteiger partial charge in [0.1, 0.15) is 11.7 Å². The summed E-state index contributed by atoms with van der Waals surface area (Å²) in [4.78, 5) is 15.8. The van der Waals surface area contributed by atoms with Crippen LogP contribution in [0.1, 0.15) is 12.5 Å². The molecule has 3 heteroatoms. The van der Waals surface area contributed by atoms with Gasteiger partial charge in [-0.2, -0.15) is 0 Å². The molecule has 0 aromatic heterocycles. The minimum atomic E-state index is -0.206. The van der Waals surface area contributed by atoms with Gasteiger partial charge < -0.3 is 4.74 Å². The lowest BCUT2D eigenvalue weighted by Gasteiger charge is -2.22. The van der Waals surface area contributed by atoms with E-state index in [1.54, 1.807) is 0 Å². The number of hydrogen-bond acceptors (Lipinski definition) is 3. The predicted molar refractivity (Wildman–Crippen MR) is 78.9 cm³/mol. The van der Waals surface area contributed by atoms with Crippen molar-refractivity contribution in [2.24, 2.45) is 10.9 Å². The Balaban J connectivity index is 2.04. The topological polar surface area (TPSA) is 38.7 Å². The summed E-state index contributed by atoms with van der Waals surface area (Å²) in [6.45, 7) is 1.90. The van der Waals surface area contributed by atoms with E-state index in [1.807, 2.05) is 67.5 Å². The first-order chi connectivity index (χ1) is 9.79. The molecule has 1 aliphatic rings. The second-order valence-electron chi connectivity index (χ2n) is 4.62. The minimum absolute atomic E-state index is 0.206. The van der Waals surface area contributed by atoms with Crippen molar-refractivity contribution in [3.05, 3.63) is 60.2 Å². The summed E-state index contributed by atoms with van der Waals surface area (Å²) in [5.41, 5.74) is 2.16. The lowest BCUT2D eigenvalue weighted by Crippen LogP contribution is -2.22. The van der Waals surface area contributed by atoms with Crippen molar-refractivity contribution >= 4 is 23.1 Å². The molecule has 2 aromatic rings. The normalized spacial score (nSPS) is 16.9. The first-order valence-electron chi connectivity index (χ1n) is 6.45. The van der Waals surface area contributed by atoms with E-state index in [4.69, 9.17) is 4.74 Å². The zero-order chi connectivity index (χ0) is 13.9. The van der Waals surface area contributed by atoms with Gasteiger partial charge >= 0.3 is 0 Å². The second-order valence-corrected chi connectivity index (χ2v) is 4.62. The first kappa shape index (κ1) is 12.4. The number of hydrogen-bond donors (Lipinski definition) is 0. The van der Waals surface area contributed by atoms with Crippen LogP contribution in [0.25, 0.3) is 5.57 Å². The zero-order valence-corrected chi connectivity index (χ0v) is 11.0. The lowest BCUT2D eigenvalue weighted by atomic mass is 9.91. The molecule has 0 fully saturated rings. The summed E-state index contributed by atoms with van der Waals surface area (Å²) in [5.74, 6) is 3.06. The van der Waals surface area contributed by atoms with Crippen LogP contribution in [0.2, 0.25) is 0 Å². The SMILES string of the molecule is CC1C(=C=O)c2ccccc2N=C1Oc1ccccc1. The quantitative estimate of drug-likeness (QED) is 0.736. The molecule has 0 amide bonds. The van der Waals surface area contributed by atoms with Crippen molar-refractivity contribution in [2.75, 3.05) is 0 Å². The zero-order valence-electron chi connectivity index (χ0n) is 11.0. The number of rotatable bonds is 1. The molecule has 1 atom stereocenters. The molecule has 0 N–H and O–H groups in total. The van der Waals surface area contributed by atoms with Crippen LogP contribution in [0.4, 0.5) is 5.69 Å². The number of ether oxygens (including phenoxy) is 1. The maximum Gasteiger partial charge on any atom is 0.203 e. The molecule has 2 aromatic carbocycles. The van der Waals surface area contributed by atoms with Crippen molar-refractivity contribution in [1.29, 1.82) is 0 Å². The van der Waals surface area contributed by atoms with Crippen LogP contribution in [0.3, 0.4) is 0 Å². The largest absolute Gasteiger partial charge is 0.442 e. The molecular weight excluding hydrogens is 250 g/mol. The highest BCUT2D eigenvalue weighted by molar-refractivity contribution is 6.06. The summed E-state index contributed by atoms with van der Waals surface area (Å²) in [5, 5.41) is 0. The molecule has 3 rings (SSSR count). The molecule has 1 aliphatic heterocycles. The standard InChI is InChI=1S/C17H13NO2/c1-12-15(11-19)14-9-5-6-10-16(14)18-17(12)20-13-7-3-2-4-8-13/h2-10,12H,1H3. The van der Waals surface area contributed by atoms with Crippen LogP contribution in [0, 0.1) is 5.92 Å². The molecule has 3 nitrogen and oxygen atoms in total. The van der Waals surface area contributed by atoms with Crippen LogP contribution in [-0.4, -0.2) is 11.8 Å². The fraction of sp³-hybridized carbons (Fsp3) is 0.118. The van der Waals surface area contributed by atoms with Crippen LogP contribution in [-0.2, 0) is 4.79 Å². The molecule has 1 heterocycles. The molecule has 0 bridgehead atoms. The Hall–Kier alpha value is -2.64. The first-order valence-corrected chi connectivity index (χ1v) is 6.45. The molecule has 20 heavy (non-hydrogen) atoms. The molecule has 1 unspecified atom stereocenters. The Labute approximate surface area is 117 Å². The van der Waals surface area contributed by atoms with E-state index in [-0.39, 0.29) is 5.92 Å². The average molecular weight is 263 g/mol. The van der Waals surface area contributed by atoms with Gasteiger partial charge in [0.15, 0.2) is 0 Å².